The monoisotopic (exact) mass is 253 g/mol. The van der Waals surface area contributed by atoms with E-state index < -0.39 is 0 Å². The number of nitrogens with one attached hydrogen (secondary N) is 2. The molecular formula is C13H23N3O2. The molecule has 0 aromatic carbocycles. The third-order valence-electron chi connectivity index (χ3n) is 3.01. The first-order valence-corrected chi connectivity index (χ1v) is 6.18. The van der Waals surface area contributed by atoms with Crippen LogP contribution in [0, 0.1) is 19.3 Å². The van der Waals surface area contributed by atoms with Gasteiger partial charge in [0.15, 0.2) is 0 Å². The van der Waals surface area contributed by atoms with Gasteiger partial charge in [-0.15, -0.1) is 0 Å². The summed E-state index contributed by atoms with van der Waals surface area (Å²) in [5.41, 5.74) is 1.11. The van der Waals surface area contributed by atoms with Crippen molar-refractivity contribution in [3.63, 3.8) is 0 Å². The molecule has 0 aliphatic rings. The van der Waals surface area contributed by atoms with Crippen LogP contribution >= 0.6 is 0 Å². The number of aromatic nitrogens is 2. The topological polar surface area (TPSA) is 78.0 Å². The van der Waals surface area contributed by atoms with E-state index in [4.69, 9.17) is 0 Å². The van der Waals surface area contributed by atoms with Crippen LogP contribution in [0.2, 0.25) is 0 Å². The van der Waals surface area contributed by atoms with Gasteiger partial charge in [-0.2, -0.15) is 0 Å². The zero-order chi connectivity index (χ0) is 13.9. The number of aryl methyl sites for hydroxylation is 2. The van der Waals surface area contributed by atoms with Gasteiger partial charge in [-0.25, -0.2) is 4.98 Å². The summed E-state index contributed by atoms with van der Waals surface area (Å²) in [5.74, 6) is 0.629. The number of aliphatic hydroxyl groups excluding tert-OH is 1. The lowest BCUT2D eigenvalue weighted by Crippen LogP contribution is -2.36. The molecule has 0 radical (unpaired) electrons. The van der Waals surface area contributed by atoms with E-state index in [9.17, 15) is 9.90 Å². The molecule has 1 unspecified atom stereocenters. The predicted octanol–water partition coefficient (Wildman–Crippen LogP) is 1.06. The van der Waals surface area contributed by atoms with Crippen molar-refractivity contribution in [3.05, 3.63) is 27.4 Å². The van der Waals surface area contributed by atoms with E-state index >= 15 is 0 Å². The maximum absolute atomic E-state index is 11.9. The van der Waals surface area contributed by atoms with Crippen LogP contribution in [0.3, 0.4) is 0 Å². The van der Waals surface area contributed by atoms with Crippen LogP contribution in [-0.2, 0) is 0 Å². The summed E-state index contributed by atoms with van der Waals surface area (Å²) in [6.45, 7) is 10.2. The number of nitrogens with zero attached hydrogens (tertiary/aromatic N) is 1. The second-order valence-electron chi connectivity index (χ2n) is 5.58. The molecule has 1 aromatic rings. The highest BCUT2D eigenvalue weighted by molar-refractivity contribution is 5.20. The molecule has 0 aliphatic heterocycles. The fourth-order valence-corrected chi connectivity index (χ4v) is 1.83. The van der Waals surface area contributed by atoms with Crippen molar-refractivity contribution in [1.29, 1.82) is 0 Å². The average Bonchev–Trinajstić information content (AvgIpc) is 2.25. The van der Waals surface area contributed by atoms with E-state index in [1.165, 1.54) is 0 Å². The lowest BCUT2D eigenvalue weighted by atomic mass is 9.94. The van der Waals surface area contributed by atoms with Gasteiger partial charge in [0.2, 0.25) is 0 Å². The van der Waals surface area contributed by atoms with Crippen molar-refractivity contribution in [2.24, 2.45) is 5.41 Å². The van der Waals surface area contributed by atoms with Gasteiger partial charge in [-0.05, 0) is 20.8 Å². The van der Waals surface area contributed by atoms with Crippen LogP contribution in [0.15, 0.2) is 4.79 Å². The minimum atomic E-state index is -0.201. The summed E-state index contributed by atoms with van der Waals surface area (Å²) in [6, 6.07) is -0.0901. The molecule has 0 amide bonds. The molecule has 0 spiro atoms. The van der Waals surface area contributed by atoms with Gasteiger partial charge in [0.1, 0.15) is 5.82 Å². The van der Waals surface area contributed by atoms with E-state index in [0.29, 0.717) is 17.9 Å². The number of aromatic amines is 1. The molecule has 102 valence electrons. The quantitative estimate of drug-likeness (QED) is 0.733. The first kappa shape index (κ1) is 14.9. The number of H-pyrrole nitrogens is 1. The van der Waals surface area contributed by atoms with Gasteiger partial charge in [0, 0.05) is 30.3 Å². The molecule has 1 rings (SSSR count). The van der Waals surface area contributed by atoms with E-state index in [2.05, 4.69) is 15.3 Å². The van der Waals surface area contributed by atoms with E-state index in [1.807, 2.05) is 27.7 Å². The summed E-state index contributed by atoms with van der Waals surface area (Å²) < 4.78 is 0. The Labute approximate surface area is 108 Å². The number of rotatable bonds is 5. The second-order valence-corrected chi connectivity index (χ2v) is 5.58. The van der Waals surface area contributed by atoms with Crippen molar-refractivity contribution >= 4 is 0 Å². The van der Waals surface area contributed by atoms with Gasteiger partial charge in [0.25, 0.3) is 5.56 Å². The van der Waals surface area contributed by atoms with Crippen LogP contribution in [-0.4, -0.2) is 28.2 Å². The molecule has 5 heteroatoms. The Kier molecular flexibility index (Phi) is 4.65. The van der Waals surface area contributed by atoms with Crippen molar-refractivity contribution in [2.75, 3.05) is 13.2 Å². The van der Waals surface area contributed by atoms with Crippen LogP contribution < -0.4 is 10.9 Å². The molecule has 0 fully saturated rings. The van der Waals surface area contributed by atoms with E-state index in [-0.39, 0.29) is 23.6 Å². The molecular weight excluding hydrogens is 230 g/mol. The third kappa shape index (κ3) is 3.65. The minimum Gasteiger partial charge on any atom is -0.396 e. The van der Waals surface area contributed by atoms with Gasteiger partial charge >= 0.3 is 0 Å². The molecule has 5 nitrogen and oxygen atoms in total. The predicted molar refractivity (Wildman–Crippen MR) is 71.6 cm³/mol. The Morgan fingerprint density at radius 2 is 2.06 bits per heavy atom. The Hall–Kier alpha value is -1.20. The van der Waals surface area contributed by atoms with Gasteiger partial charge in [-0.3, -0.25) is 4.79 Å². The lowest BCUT2D eigenvalue weighted by molar-refractivity contribution is 0.154. The summed E-state index contributed by atoms with van der Waals surface area (Å²) in [5, 5.41) is 12.5. The van der Waals surface area contributed by atoms with Crippen LogP contribution in [0.5, 0.6) is 0 Å². The van der Waals surface area contributed by atoms with E-state index in [0.717, 1.165) is 5.69 Å². The van der Waals surface area contributed by atoms with Crippen LogP contribution in [0.4, 0.5) is 0 Å². The van der Waals surface area contributed by atoms with E-state index in [1.54, 1.807) is 6.92 Å². The Balaban J connectivity index is 2.86. The summed E-state index contributed by atoms with van der Waals surface area (Å²) in [6.07, 6.45) is 0. The first-order valence-electron chi connectivity index (χ1n) is 6.18. The standard InChI is InChI=1S/C13H23N3O2/c1-8(14-6-13(4,5)7-17)11-9(2)15-10(3)16-12(11)18/h8,14,17H,6-7H2,1-5H3,(H,15,16,18). The average molecular weight is 253 g/mol. The first-order chi connectivity index (χ1) is 8.26. The molecule has 3 N–H and O–H groups in total. The van der Waals surface area contributed by atoms with Crippen molar-refractivity contribution in [2.45, 2.75) is 40.7 Å². The minimum absolute atomic E-state index is 0.0901. The molecule has 0 saturated heterocycles. The molecule has 0 bridgehead atoms. The highest BCUT2D eigenvalue weighted by atomic mass is 16.3. The SMILES string of the molecule is Cc1nc(C)c(C(C)NCC(C)(C)CO)c(=O)[nH]1. The molecule has 1 aromatic heterocycles. The number of hydrogen-bond acceptors (Lipinski definition) is 4. The molecule has 0 aliphatic carbocycles. The molecule has 1 heterocycles. The largest absolute Gasteiger partial charge is 0.396 e. The van der Waals surface area contributed by atoms with Gasteiger partial charge in [0.05, 0.1) is 5.56 Å². The maximum Gasteiger partial charge on any atom is 0.255 e. The Morgan fingerprint density at radius 3 is 2.56 bits per heavy atom. The fourth-order valence-electron chi connectivity index (χ4n) is 1.83. The molecule has 0 saturated carbocycles. The van der Waals surface area contributed by atoms with Crippen LogP contribution in [0.25, 0.3) is 0 Å². The summed E-state index contributed by atoms with van der Waals surface area (Å²) >= 11 is 0. The molecule has 1 atom stereocenters. The Morgan fingerprint density at radius 1 is 1.44 bits per heavy atom. The van der Waals surface area contributed by atoms with Crippen molar-refractivity contribution < 1.29 is 5.11 Å². The van der Waals surface area contributed by atoms with Crippen molar-refractivity contribution in [1.82, 2.24) is 15.3 Å². The summed E-state index contributed by atoms with van der Waals surface area (Å²) in [7, 11) is 0. The second kappa shape index (κ2) is 5.63. The van der Waals surface area contributed by atoms with Crippen LogP contribution in [0.1, 0.15) is 43.9 Å². The zero-order valence-corrected chi connectivity index (χ0v) is 11.8. The fraction of sp³-hybridized carbons (Fsp3) is 0.692. The third-order valence-corrected chi connectivity index (χ3v) is 3.01. The number of aliphatic hydroxyl groups is 1. The highest BCUT2D eigenvalue weighted by Gasteiger charge is 2.20. The smallest absolute Gasteiger partial charge is 0.255 e. The number of hydrogen-bond donors (Lipinski definition) is 3. The van der Waals surface area contributed by atoms with Gasteiger partial charge in [-0.1, -0.05) is 13.8 Å². The molecule has 18 heavy (non-hydrogen) atoms. The maximum atomic E-state index is 11.9. The lowest BCUT2D eigenvalue weighted by Gasteiger charge is -2.25. The zero-order valence-electron chi connectivity index (χ0n) is 11.8. The Bertz CT molecular complexity index is 466. The van der Waals surface area contributed by atoms with Gasteiger partial charge < -0.3 is 15.4 Å². The van der Waals surface area contributed by atoms with Crippen molar-refractivity contribution in [3.8, 4) is 0 Å². The highest BCUT2D eigenvalue weighted by Crippen LogP contribution is 2.16. The summed E-state index contributed by atoms with van der Waals surface area (Å²) in [4.78, 5) is 18.9. The normalized spacial score (nSPS) is 13.7.